The molecule has 0 bridgehead atoms. The number of benzene rings is 2. The maximum atomic E-state index is 12.7. The van der Waals surface area contributed by atoms with E-state index in [9.17, 15) is 9.59 Å². The van der Waals surface area contributed by atoms with Crippen molar-refractivity contribution in [2.45, 2.75) is 25.9 Å². The van der Waals surface area contributed by atoms with Crippen molar-refractivity contribution in [2.24, 2.45) is 0 Å². The lowest BCUT2D eigenvalue weighted by atomic mass is 10.1. The van der Waals surface area contributed by atoms with E-state index in [0.717, 1.165) is 12.1 Å². The molecular weight excluding hydrogens is 378 g/mol. The Labute approximate surface area is 175 Å². The van der Waals surface area contributed by atoms with E-state index in [1.165, 1.54) is 37.8 Å². The van der Waals surface area contributed by atoms with Crippen molar-refractivity contribution in [1.29, 1.82) is 0 Å². The van der Waals surface area contributed by atoms with Crippen LogP contribution in [-0.2, 0) is 13.1 Å². The summed E-state index contributed by atoms with van der Waals surface area (Å²) in [6.07, 6.45) is 4.01. The molecule has 30 heavy (non-hydrogen) atoms. The van der Waals surface area contributed by atoms with E-state index < -0.39 is 5.91 Å². The minimum Gasteiger partial charge on any atom is -0.459 e. The minimum atomic E-state index is -0.395. The number of amides is 2. The summed E-state index contributed by atoms with van der Waals surface area (Å²) in [6.45, 7) is 3.75. The van der Waals surface area contributed by atoms with Crippen molar-refractivity contribution in [2.75, 3.05) is 18.4 Å². The summed E-state index contributed by atoms with van der Waals surface area (Å²) in [6, 6.07) is 18.5. The van der Waals surface area contributed by atoms with Gasteiger partial charge in [0.1, 0.15) is 0 Å². The molecule has 0 atom stereocenters. The van der Waals surface area contributed by atoms with Crippen molar-refractivity contribution in [3.8, 4) is 0 Å². The van der Waals surface area contributed by atoms with E-state index in [1.807, 2.05) is 0 Å². The fourth-order valence-corrected chi connectivity index (χ4v) is 3.62. The number of likely N-dealkylation sites (tertiary alicyclic amines) is 1. The minimum absolute atomic E-state index is 0.194. The van der Waals surface area contributed by atoms with Crippen LogP contribution in [0, 0.1) is 0 Å². The molecule has 3 aromatic rings. The van der Waals surface area contributed by atoms with Crippen LogP contribution in [0.3, 0.4) is 0 Å². The zero-order chi connectivity index (χ0) is 20.8. The van der Waals surface area contributed by atoms with Crippen molar-refractivity contribution < 1.29 is 14.0 Å². The molecule has 2 heterocycles. The number of rotatable bonds is 7. The van der Waals surface area contributed by atoms with Crippen LogP contribution in [-0.4, -0.2) is 29.8 Å². The first-order valence-electron chi connectivity index (χ1n) is 10.2. The van der Waals surface area contributed by atoms with Crippen LogP contribution in [0.1, 0.15) is 44.9 Å². The van der Waals surface area contributed by atoms with E-state index >= 15 is 0 Å². The van der Waals surface area contributed by atoms with Crippen molar-refractivity contribution in [3.63, 3.8) is 0 Å². The Morgan fingerprint density at radius 1 is 0.867 bits per heavy atom. The van der Waals surface area contributed by atoms with Gasteiger partial charge in [-0.2, -0.15) is 0 Å². The van der Waals surface area contributed by atoms with Crippen molar-refractivity contribution in [1.82, 2.24) is 10.2 Å². The molecule has 1 aliphatic rings. The van der Waals surface area contributed by atoms with Crippen LogP contribution >= 0.6 is 0 Å². The molecule has 6 nitrogen and oxygen atoms in total. The van der Waals surface area contributed by atoms with Crippen LogP contribution in [0.4, 0.5) is 5.69 Å². The van der Waals surface area contributed by atoms with Gasteiger partial charge in [0.05, 0.1) is 17.5 Å². The molecule has 1 aliphatic heterocycles. The van der Waals surface area contributed by atoms with Gasteiger partial charge in [-0.15, -0.1) is 0 Å². The van der Waals surface area contributed by atoms with E-state index in [0.29, 0.717) is 17.8 Å². The quantitative estimate of drug-likeness (QED) is 0.624. The van der Waals surface area contributed by atoms with Gasteiger partial charge in [-0.25, -0.2) is 0 Å². The van der Waals surface area contributed by atoms with E-state index in [2.05, 4.69) is 39.8 Å². The van der Waals surface area contributed by atoms with Crippen LogP contribution in [0.25, 0.3) is 0 Å². The molecule has 0 radical (unpaired) electrons. The summed E-state index contributed by atoms with van der Waals surface area (Å²) in [5, 5.41) is 5.67. The van der Waals surface area contributed by atoms with Crippen LogP contribution in [0.5, 0.6) is 0 Å². The first-order valence-corrected chi connectivity index (χ1v) is 10.2. The number of para-hydroxylation sites is 1. The molecule has 6 heteroatoms. The van der Waals surface area contributed by atoms with E-state index in [-0.39, 0.29) is 11.7 Å². The third-order valence-electron chi connectivity index (χ3n) is 5.25. The van der Waals surface area contributed by atoms with Gasteiger partial charge < -0.3 is 15.1 Å². The summed E-state index contributed by atoms with van der Waals surface area (Å²) in [5.74, 6) is -0.445. The fourth-order valence-electron chi connectivity index (χ4n) is 3.62. The van der Waals surface area contributed by atoms with Crippen molar-refractivity contribution in [3.05, 3.63) is 89.4 Å². The molecule has 1 saturated heterocycles. The van der Waals surface area contributed by atoms with Gasteiger partial charge in [0.15, 0.2) is 5.76 Å². The van der Waals surface area contributed by atoms with Crippen LogP contribution < -0.4 is 10.6 Å². The summed E-state index contributed by atoms with van der Waals surface area (Å²) >= 11 is 0. The number of anilines is 1. The highest BCUT2D eigenvalue weighted by atomic mass is 16.3. The Morgan fingerprint density at radius 2 is 1.60 bits per heavy atom. The Bertz CT molecular complexity index is 991. The van der Waals surface area contributed by atoms with Gasteiger partial charge in [0.2, 0.25) is 0 Å². The number of hydrogen-bond acceptors (Lipinski definition) is 4. The highest BCUT2D eigenvalue weighted by Gasteiger charge is 2.15. The zero-order valence-corrected chi connectivity index (χ0v) is 16.8. The largest absolute Gasteiger partial charge is 0.459 e. The fraction of sp³-hybridized carbons (Fsp3) is 0.250. The number of hydrogen-bond donors (Lipinski definition) is 2. The molecule has 2 aromatic carbocycles. The number of carbonyl (C=O) groups is 2. The van der Waals surface area contributed by atoms with E-state index in [4.69, 9.17) is 4.42 Å². The second kappa shape index (κ2) is 9.41. The molecule has 2 amide bonds. The number of nitrogens with zero attached hydrogens (tertiary/aromatic N) is 1. The molecule has 0 saturated carbocycles. The molecule has 0 aliphatic carbocycles. The molecule has 154 valence electrons. The van der Waals surface area contributed by atoms with Gasteiger partial charge in [-0.05, 0) is 61.3 Å². The third-order valence-corrected chi connectivity index (χ3v) is 5.25. The summed E-state index contributed by atoms with van der Waals surface area (Å²) in [5.41, 5.74) is 3.17. The van der Waals surface area contributed by atoms with Gasteiger partial charge in [-0.1, -0.05) is 36.4 Å². The van der Waals surface area contributed by atoms with Gasteiger partial charge in [0, 0.05) is 13.1 Å². The van der Waals surface area contributed by atoms with E-state index in [1.54, 1.807) is 36.4 Å². The van der Waals surface area contributed by atoms with Crippen molar-refractivity contribution >= 4 is 17.5 Å². The normalized spacial score (nSPS) is 13.9. The average molecular weight is 403 g/mol. The molecule has 0 unspecified atom stereocenters. The maximum Gasteiger partial charge on any atom is 0.291 e. The molecule has 1 fully saturated rings. The maximum absolute atomic E-state index is 12.7. The number of nitrogens with one attached hydrogen (secondary N) is 2. The van der Waals surface area contributed by atoms with Crippen LogP contribution in [0.15, 0.2) is 71.3 Å². The molecule has 0 spiro atoms. The van der Waals surface area contributed by atoms with Gasteiger partial charge in [0.25, 0.3) is 11.8 Å². The molecule has 4 rings (SSSR count). The second-order valence-corrected chi connectivity index (χ2v) is 7.46. The summed E-state index contributed by atoms with van der Waals surface area (Å²) < 4.78 is 5.11. The topological polar surface area (TPSA) is 74.6 Å². The predicted octanol–water partition coefficient (Wildman–Crippen LogP) is 4.06. The third kappa shape index (κ3) is 4.96. The number of furan rings is 1. The first-order chi connectivity index (χ1) is 14.7. The Morgan fingerprint density at radius 3 is 2.33 bits per heavy atom. The zero-order valence-electron chi connectivity index (χ0n) is 16.8. The number of carbonyl (C=O) groups excluding carboxylic acids is 2. The lowest BCUT2D eigenvalue weighted by molar-refractivity contribution is 0.0952. The highest BCUT2D eigenvalue weighted by Crippen LogP contribution is 2.17. The lowest BCUT2D eigenvalue weighted by Crippen LogP contribution is -2.25. The summed E-state index contributed by atoms with van der Waals surface area (Å²) in [7, 11) is 0. The molecular formula is C24H25N3O3. The molecule has 1 aromatic heterocycles. The smallest absolute Gasteiger partial charge is 0.291 e. The lowest BCUT2D eigenvalue weighted by Gasteiger charge is -2.15. The SMILES string of the molecule is O=C(Nc1ccccc1C(=O)NCc1ccc(CN2CCCC2)cc1)c1ccco1. The van der Waals surface area contributed by atoms with Crippen LogP contribution in [0.2, 0.25) is 0 Å². The summed E-state index contributed by atoms with van der Waals surface area (Å²) in [4.78, 5) is 27.4. The Balaban J connectivity index is 1.35. The average Bonchev–Trinajstić information content (AvgIpc) is 3.48. The second-order valence-electron chi connectivity index (χ2n) is 7.46. The first kappa shape index (κ1) is 19.9. The standard InChI is InChI=1S/C24H25N3O3/c28-23(20-6-1-2-7-21(20)26-24(29)22-8-5-15-30-22)25-16-18-9-11-19(12-10-18)17-27-13-3-4-14-27/h1-2,5-12,15H,3-4,13-14,16-17H2,(H,25,28)(H,26,29). The molecule has 2 N–H and O–H groups in total. The Hall–Kier alpha value is -3.38. The van der Waals surface area contributed by atoms with Gasteiger partial charge in [-0.3, -0.25) is 14.5 Å². The van der Waals surface area contributed by atoms with Gasteiger partial charge >= 0.3 is 0 Å². The monoisotopic (exact) mass is 403 g/mol. The Kier molecular flexibility index (Phi) is 6.25. The highest BCUT2D eigenvalue weighted by molar-refractivity contribution is 6.07. The predicted molar refractivity (Wildman–Crippen MR) is 115 cm³/mol.